The third-order valence-electron chi connectivity index (χ3n) is 3.71. The van der Waals surface area contributed by atoms with Gasteiger partial charge in [0.2, 0.25) is 0 Å². The lowest BCUT2D eigenvalue weighted by Crippen LogP contribution is -2.04. The van der Waals surface area contributed by atoms with Gasteiger partial charge in [-0.05, 0) is 35.6 Å². The maximum Gasteiger partial charge on any atom is 0.142 e. The van der Waals surface area contributed by atoms with Gasteiger partial charge >= 0.3 is 0 Å². The van der Waals surface area contributed by atoms with Gasteiger partial charge in [-0.3, -0.25) is 0 Å². The average molecular weight is 269 g/mol. The molecule has 0 saturated heterocycles. The summed E-state index contributed by atoms with van der Waals surface area (Å²) in [5.41, 5.74) is 9.36. The molecule has 0 bridgehead atoms. The van der Waals surface area contributed by atoms with Gasteiger partial charge in [0, 0.05) is 6.42 Å². The average Bonchev–Trinajstić information content (AvgIpc) is 2.49. The normalized spacial score (nSPS) is 12.1. The second kappa shape index (κ2) is 6.99. The Balaban J connectivity index is 1.93. The summed E-state index contributed by atoms with van der Waals surface area (Å²) >= 11 is 0. The van der Waals surface area contributed by atoms with E-state index in [2.05, 4.69) is 32.0 Å². The van der Waals surface area contributed by atoms with E-state index in [4.69, 9.17) is 10.5 Å². The van der Waals surface area contributed by atoms with Crippen LogP contribution in [-0.2, 0) is 6.42 Å². The lowest BCUT2D eigenvalue weighted by atomic mass is 9.98. The summed E-state index contributed by atoms with van der Waals surface area (Å²) in [7, 11) is 0. The number of hydrogen-bond donors (Lipinski definition) is 1. The van der Waals surface area contributed by atoms with Crippen LogP contribution < -0.4 is 10.5 Å². The van der Waals surface area contributed by atoms with Gasteiger partial charge in [0.1, 0.15) is 5.75 Å². The first-order chi connectivity index (χ1) is 9.70. The summed E-state index contributed by atoms with van der Waals surface area (Å²) in [6.45, 7) is 5.05. The summed E-state index contributed by atoms with van der Waals surface area (Å²) in [5.74, 6) is 1.32. The zero-order valence-corrected chi connectivity index (χ0v) is 12.3. The van der Waals surface area contributed by atoms with E-state index < -0.39 is 0 Å². The smallest absolute Gasteiger partial charge is 0.142 e. The van der Waals surface area contributed by atoms with Crippen LogP contribution >= 0.6 is 0 Å². The summed E-state index contributed by atoms with van der Waals surface area (Å²) in [6.07, 6.45) is 2.01. The van der Waals surface area contributed by atoms with Crippen molar-refractivity contribution in [2.75, 3.05) is 12.3 Å². The molecule has 0 saturated carbocycles. The molecule has 0 amide bonds. The molecule has 2 N–H and O–H groups in total. The monoisotopic (exact) mass is 269 g/mol. The van der Waals surface area contributed by atoms with Crippen LogP contribution in [0.1, 0.15) is 37.3 Å². The van der Waals surface area contributed by atoms with Crippen LogP contribution in [0, 0.1) is 0 Å². The Labute approximate surface area is 121 Å². The summed E-state index contributed by atoms with van der Waals surface area (Å²) in [5, 5.41) is 0. The minimum Gasteiger partial charge on any atom is -0.491 e. The molecule has 0 aliphatic rings. The topological polar surface area (TPSA) is 35.2 Å². The van der Waals surface area contributed by atoms with Crippen LogP contribution in [0.15, 0.2) is 48.5 Å². The number of nitrogen functional groups attached to an aromatic ring is 1. The molecule has 0 aliphatic heterocycles. The lowest BCUT2D eigenvalue weighted by Gasteiger charge is -2.13. The largest absolute Gasteiger partial charge is 0.491 e. The summed E-state index contributed by atoms with van der Waals surface area (Å²) in [4.78, 5) is 0. The lowest BCUT2D eigenvalue weighted by molar-refractivity contribution is 0.323. The van der Waals surface area contributed by atoms with Crippen molar-refractivity contribution >= 4 is 5.69 Å². The highest BCUT2D eigenvalue weighted by Crippen LogP contribution is 2.27. The van der Waals surface area contributed by atoms with Crippen molar-refractivity contribution in [3.63, 3.8) is 0 Å². The molecule has 2 aromatic carbocycles. The molecule has 0 heterocycles. The van der Waals surface area contributed by atoms with Gasteiger partial charge in [0.05, 0.1) is 12.3 Å². The molecule has 0 aromatic heterocycles. The molecule has 106 valence electrons. The first-order valence-corrected chi connectivity index (χ1v) is 7.27. The Morgan fingerprint density at radius 3 is 2.50 bits per heavy atom. The Morgan fingerprint density at radius 1 is 1.10 bits per heavy atom. The quantitative estimate of drug-likeness (QED) is 0.789. The number of ether oxygens (including phenoxy) is 1. The molecule has 2 aromatic rings. The molecule has 0 spiro atoms. The molecule has 20 heavy (non-hydrogen) atoms. The summed E-state index contributed by atoms with van der Waals surface area (Å²) < 4.78 is 5.78. The van der Waals surface area contributed by atoms with Gasteiger partial charge in [-0.1, -0.05) is 50.2 Å². The number of rotatable bonds is 6. The van der Waals surface area contributed by atoms with Crippen molar-refractivity contribution in [3.8, 4) is 5.75 Å². The Hall–Kier alpha value is -1.96. The first kappa shape index (κ1) is 14.4. The highest BCUT2D eigenvalue weighted by atomic mass is 16.5. The van der Waals surface area contributed by atoms with Crippen LogP contribution in [0.2, 0.25) is 0 Å². The molecule has 1 atom stereocenters. The molecule has 2 heteroatoms. The van der Waals surface area contributed by atoms with Gasteiger partial charge < -0.3 is 10.5 Å². The van der Waals surface area contributed by atoms with Gasteiger partial charge in [0.15, 0.2) is 0 Å². The van der Waals surface area contributed by atoms with Gasteiger partial charge in [-0.15, -0.1) is 0 Å². The number of anilines is 1. The van der Waals surface area contributed by atoms with E-state index in [0.29, 0.717) is 12.5 Å². The van der Waals surface area contributed by atoms with E-state index >= 15 is 0 Å². The van der Waals surface area contributed by atoms with E-state index in [1.165, 1.54) is 11.1 Å². The van der Waals surface area contributed by atoms with Crippen LogP contribution in [0.4, 0.5) is 5.69 Å². The minimum absolute atomic E-state index is 0.538. The van der Waals surface area contributed by atoms with Crippen molar-refractivity contribution in [1.82, 2.24) is 0 Å². The molecule has 2 rings (SSSR count). The maximum absolute atomic E-state index is 6.07. The SMILES string of the molecule is CCC(C)c1ccc(OCCc2ccccc2)c(N)c1. The number of nitrogens with two attached hydrogens (primary N) is 1. The van der Waals surface area contributed by atoms with Crippen LogP contribution in [0.25, 0.3) is 0 Å². The Bertz CT molecular complexity index is 536. The zero-order chi connectivity index (χ0) is 14.4. The number of benzene rings is 2. The fraction of sp³-hybridized carbons (Fsp3) is 0.333. The van der Waals surface area contributed by atoms with Gasteiger partial charge in [-0.25, -0.2) is 0 Å². The molecular weight excluding hydrogens is 246 g/mol. The fourth-order valence-electron chi connectivity index (χ4n) is 2.16. The third-order valence-corrected chi connectivity index (χ3v) is 3.71. The van der Waals surface area contributed by atoms with E-state index in [1.54, 1.807) is 0 Å². The minimum atomic E-state index is 0.538. The van der Waals surface area contributed by atoms with Crippen LogP contribution in [0.5, 0.6) is 5.75 Å². The van der Waals surface area contributed by atoms with Gasteiger partial charge in [0.25, 0.3) is 0 Å². The molecule has 1 unspecified atom stereocenters. The Kier molecular flexibility index (Phi) is 5.05. The predicted octanol–water partition coefficient (Wildman–Crippen LogP) is 4.40. The molecule has 0 aliphatic carbocycles. The second-order valence-electron chi connectivity index (χ2n) is 5.19. The van der Waals surface area contributed by atoms with E-state index in [1.807, 2.05) is 30.3 Å². The fourth-order valence-corrected chi connectivity index (χ4v) is 2.16. The van der Waals surface area contributed by atoms with Gasteiger partial charge in [-0.2, -0.15) is 0 Å². The van der Waals surface area contributed by atoms with Crippen molar-refractivity contribution in [3.05, 3.63) is 59.7 Å². The second-order valence-corrected chi connectivity index (χ2v) is 5.19. The highest BCUT2D eigenvalue weighted by Gasteiger charge is 2.06. The molecule has 0 radical (unpaired) electrons. The molecule has 0 fully saturated rings. The molecule has 2 nitrogen and oxygen atoms in total. The van der Waals surface area contributed by atoms with Crippen molar-refractivity contribution in [2.24, 2.45) is 0 Å². The predicted molar refractivity (Wildman–Crippen MR) is 85.2 cm³/mol. The summed E-state index contributed by atoms with van der Waals surface area (Å²) in [6, 6.07) is 16.5. The zero-order valence-electron chi connectivity index (χ0n) is 12.3. The maximum atomic E-state index is 6.07. The van der Waals surface area contributed by atoms with Crippen LogP contribution in [-0.4, -0.2) is 6.61 Å². The standard InChI is InChI=1S/C18H23NO/c1-3-14(2)16-9-10-18(17(19)13-16)20-12-11-15-7-5-4-6-8-15/h4-10,13-14H,3,11-12,19H2,1-2H3. The van der Waals surface area contributed by atoms with E-state index in [0.717, 1.165) is 24.3 Å². The van der Waals surface area contributed by atoms with Crippen molar-refractivity contribution in [1.29, 1.82) is 0 Å². The first-order valence-electron chi connectivity index (χ1n) is 7.27. The van der Waals surface area contributed by atoms with Crippen molar-refractivity contribution in [2.45, 2.75) is 32.6 Å². The van der Waals surface area contributed by atoms with E-state index in [-0.39, 0.29) is 0 Å². The number of hydrogen-bond acceptors (Lipinski definition) is 2. The highest BCUT2D eigenvalue weighted by molar-refractivity contribution is 5.54. The third kappa shape index (κ3) is 3.77. The van der Waals surface area contributed by atoms with Crippen LogP contribution in [0.3, 0.4) is 0 Å². The Morgan fingerprint density at radius 2 is 1.85 bits per heavy atom. The van der Waals surface area contributed by atoms with Crippen molar-refractivity contribution < 1.29 is 4.74 Å². The van der Waals surface area contributed by atoms with E-state index in [9.17, 15) is 0 Å². The molecular formula is C18H23NO.